The van der Waals surface area contributed by atoms with Gasteiger partial charge in [-0.15, -0.1) is 12.6 Å². The lowest BCUT2D eigenvalue weighted by Gasteiger charge is -2.17. The van der Waals surface area contributed by atoms with Gasteiger partial charge in [0.15, 0.2) is 5.78 Å². The molecule has 1 atom stereocenters. The highest BCUT2D eigenvalue weighted by Crippen LogP contribution is 2.28. The largest absolute Gasteiger partial charge is 0.294 e. The van der Waals surface area contributed by atoms with Crippen LogP contribution in [0.5, 0.6) is 0 Å². The molecule has 1 unspecified atom stereocenters. The van der Waals surface area contributed by atoms with Gasteiger partial charge in [0.2, 0.25) is 0 Å². The number of allylic oxidation sites excluding steroid dienone is 4. The number of rotatable bonds is 8. The van der Waals surface area contributed by atoms with Crippen LogP contribution in [0.4, 0.5) is 0 Å². The van der Waals surface area contributed by atoms with E-state index < -0.39 is 0 Å². The van der Waals surface area contributed by atoms with Crippen LogP contribution >= 0.6 is 12.6 Å². The van der Waals surface area contributed by atoms with Crippen molar-refractivity contribution in [2.45, 2.75) is 65.2 Å². The van der Waals surface area contributed by atoms with Crippen molar-refractivity contribution in [3.05, 3.63) is 22.6 Å². The molecule has 1 nitrogen and oxygen atoms in total. The number of carbonyl (C=O) groups is 1. The van der Waals surface area contributed by atoms with Crippen LogP contribution < -0.4 is 0 Å². The van der Waals surface area contributed by atoms with Crippen LogP contribution in [0.3, 0.4) is 0 Å². The molecular weight excluding hydrogens is 240 g/mol. The minimum atomic E-state index is -0.0297. The van der Waals surface area contributed by atoms with Crippen molar-refractivity contribution in [3.63, 3.8) is 0 Å². The Morgan fingerprint density at radius 2 is 1.67 bits per heavy atom. The maximum absolute atomic E-state index is 11.5. The van der Waals surface area contributed by atoms with E-state index in [0.29, 0.717) is 0 Å². The Labute approximate surface area is 117 Å². The van der Waals surface area contributed by atoms with E-state index in [1.807, 2.05) is 13.0 Å². The Hall–Kier alpha value is -0.500. The van der Waals surface area contributed by atoms with Crippen molar-refractivity contribution in [3.8, 4) is 0 Å². The predicted octanol–water partition coefficient (Wildman–Crippen LogP) is 5.09. The summed E-state index contributed by atoms with van der Waals surface area (Å²) in [6, 6.07) is 0. The van der Waals surface area contributed by atoms with E-state index in [4.69, 9.17) is 0 Å². The van der Waals surface area contributed by atoms with Crippen LogP contribution in [0.15, 0.2) is 22.6 Å². The van der Waals surface area contributed by atoms with Gasteiger partial charge in [0.1, 0.15) is 0 Å². The summed E-state index contributed by atoms with van der Waals surface area (Å²) < 4.78 is 0. The van der Waals surface area contributed by atoms with Crippen molar-refractivity contribution < 1.29 is 4.79 Å². The zero-order valence-electron chi connectivity index (χ0n) is 11.7. The lowest BCUT2D eigenvalue weighted by Crippen LogP contribution is -2.13. The summed E-state index contributed by atoms with van der Waals surface area (Å²) in [5.41, 5.74) is 1.26. The number of hydrogen-bond acceptors (Lipinski definition) is 2. The average Bonchev–Trinajstić information content (AvgIpc) is 2.37. The molecule has 1 aliphatic carbocycles. The molecule has 0 aromatic rings. The summed E-state index contributed by atoms with van der Waals surface area (Å²) in [6.07, 6.45) is 14.0. The van der Waals surface area contributed by atoms with Gasteiger partial charge in [0, 0.05) is 5.92 Å². The first-order valence-electron chi connectivity index (χ1n) is 7.30. The number of unbranched alkanes of at least 4 members (excludes halogenated alkanes) is 6. The molecule has 0 saturated heterocycles. The third-order valence-corrected chi connectivity index (χ3v) is 4.34. The Morgan fingerprint density at radius 1 is 1.06 bits per heavy atom. The number of hydrogen-bond donors (Lipinski definition) is 1. The fourth-order valence-electron chi connectivity index (χ4n) is 2.31. The molecule has 0 fully saturated rings. The summed E-state index contributed by atoms with van der Waals surface area (Å²) in [6.45, 7) is 4.19. The van der Waals surface area contributed by atoms with E-state index in [9.17, 15) is 4.79 Å². The van der Waals surface area contributed by atoms with E-state index in [1.54, 1.807) is 6.08 Å². The van der Waals surface area contributed by atoms with Crippen molar-refractivity contribution in [2.24, 2.45) is 5.92 Å². The number of carbonyl (C=O) groups excluding carboxylic acids is 1. The third-order valence-electron chi connectivity index (χ3n) is 3.66. The molecule has 0 radical (unpaired) electrons. The van der Waals surface area contributed by atoms with Crippen LogP contribution in [0, 0.1) is 5.92 Å². The highest BCUT2D eigenvalue weighted by Gasteiger charge is 2.19. The first-order valence-corrected chi connectivity index (χ1v) is 7.75. The molecule has 0 heterocycles. The van der Waals surface area contributed by atoms with Gasteiger partial charge in [0.05, 0.1) is 0 Å². The van der Waals surface area contributed by atoms with Crippen LogP contribution in [0.1, 0.15) is 65.2 Å². The maximum Gasteiger partial charge on any atom is 0.163 e. The second-order valence-electron chi connectivity index (χ2n) is 5.24. The van der Waals surface area contributed by atoms with Gasteiger partial charge >= 0.3 is 0 Å². The van der Waals surface area contributed by atoms with E-state index >= 15 is 0 Å². The van der Waals surface area contributed by atoms with E-state index in [2.05, 4.69) is 19.6 Å². The molecule has 18 heavy (non-hydrogen) atoms. The van der Waals surface area contributed by atoms with Crippen LogP contribution in [0.25, 0.3) is 0 Å². The van der Waals surface area contributed by atoms with E-state index in [0.717, 1.165) is 11.3 Å². The van der Waals surface area contributed by atoms with Crippen molar-refractivity contribution in [1.29, 1.82) is 0 Å². The molecule has 0 N–H and O–H groups in total. The molecule has 0 aromatic heterocycles. The minimum Gasteiger partial charge on any atom is -0.294 e. The Balaban J connectivity index is 2.20. The number of thiol groups is 1. The molecule has 102 valence electrons. The summed E-state index contributed by atoms with van der Waals surface area (Å²) in [7, 11) is 0. The first kappa shape index (κ1) is 15.6. The lowest BCUT2D eigenvalue weighted by atomic mass is 9.93. The molecule has 2 heteroatoms. The summed E-state index contributed by atoms with van der Waals surface area (Å²) >= 11 is 4.49. The molecule has 0 aliphatic heterocycles. The van der Waals surface area contributed by atoms with E-state index in [1.165, 1.54) is 50.5 Å². The Kier molecular flexibility index (Phi) is 7.41. The molecule has 0 aromatic carbocycles. The standard InChI is InChI=1S/C16H26OS/c1-3-4-5-6-7-8-9-10-14-11-12-15(17)13(2)16(14)18/h11-13,18H,3-10H2,1-2H3. The van der Waals surface area contributed by atoms with Gasteiger partial charge in [-0.2, -0.15) is 0 Å². The molecule has 1 rings (SSSR count). The smallest absolute Gasteiger partial charge is 0.163 e. The third kappa shape index (κ3) is 5.01. The van der Waals surface area contributed by atoms with Gasteiger partial charge in [0.25, 0.3) is 0 Å². The zero-order valence-corrected chi connectivity index (χ0v) is 12.6. The monoisotopic (exact) mass is 266 g/mol. The van der Waals surface area contributed by atoms with Crippen LogP contribution in [-0.4, -0.2) is 5.78 Å². The van der Waals surface area contributed by atoms with Crippen LogP contribution in [0.2, 0.25) is 0 Å². The molecular formula is C16H26OS. The van der Waals surface area contributed by atoms with Gasteiger partial charge < -0.3 is 0 Å². The summed E-state index contributed by atoms with van der Waals surface area (Å²) in [5, 5.41) is 0. The zero-order chi connectivity index (χ0) is 13.4. The highest BCUT2D eigenvalue weighted by molar-refractivity contribution is 7.84. The van der Waals surface area contributed by atoms with Gasteiger partial charge in [-0.25, -0.2) is 0 Å². The quantitative estimate of drug-likeness (QED) is 0.478. The van der Waals surface area contributed by atoms with Gasteiger partial charge in [-0.05, 0) is 29.4 Å². The molecule has 0 saturated carbocycles. The molecule has 0 amide bonds. The fourth-order valence-corrected chi connectivity index (χ4v) is 2.62. The molecule has 1 aliphatic rings. The molecule has 0 spiro atoms. The summed E-state index contributed by atoms with van der Waals surface area (Å²) in [5.74, 6) is 0.154. The summed E-state index contributed by atoms with van der Waals surface area (Å²) in [4.78, 5) is 12.4. The normalized spacial score (nSPS) is 19.7. The Bertz CT molecular complexity index is 328. The van der Waals surface area contributed by atoms with Gasteiger partial charge in [-0.3, -0.25) is 4.79 Å². The topological polar surface area (TPSA) is 17.1 Å². The van der Waals surface area contributed by atoms with E-state index in [-0.39, 0.29) is 11.7 Å². The van der Waals surface area contributed by atoms with Crippen LogP contribution in [-0.2, 0) is 4.79 Å². The van der Waals surface area contributed by atoms with Crippen molar-refractivity contribution >= 4 is 18.4 Å². The number of ketones is 1. The van der Waals surface area contributed by atoms with Gasteiger partial charge in [-0.1, -0.05) is 58.4 Å². The molecule has 0 bridgehead atoms. The lowest BCUT2D eigenvalue weighted by molar-refractivity contribution is -0.116. The maximum atomic E-state index is 11.5. The fraction of sp³-hybridized carbons (Fsp3) is 0.688. The predicted molar refractivity (Wildman–Crippen MR) is 81.9 cm³/mol. The minimum absolute atomic E-state index is 0.0297. The van der Waals surface area contributed by atoms with Crippen molar-refractivity contribution in [2.75, 3.05) is 0 Å². The second-order valence-corrected chi connectivity index (χ2v) is 5.72. The SMILES string of the molecule is CCCCCCCCCC1=C(S)C(C)C(=O)C=C1. The first-order chi connectivity index (χ1) is 8.66. The second kappa shape index (κ2) is 8.58. The highest BCUT2D eigenvalue weighted by atomic mass is 32.1. The Morgan fingerprint density at radius 3 is 2.33 bits per heavy atom. The van der Waals surface area contributed by atoms with Crippen molar-refractivity contribution in [1.82, 2.24) is 0 Å². The average molecular weight is 266 g/mol.